The third-order valence-electron chi connectivity index (χ3n) is 3.78. The SMILES string of the molecule is CNC1(C)CCCN(c2cc(Cl)ccc2OC)C1. The molecule has 1 unspecified atom stereocenters. The first-order valence-electron chi connectivity index (χ1n) is 6.35. The van der Waals surface area contributed by atoms with E-state index in [1.165, 1.54) is 12.8 Å². The van der Waals surface area contributed by atoms with Crippen molar-refractivity contribution in [2.24, 2.45) is 0 Å². The summed E-state index contributed by atoms with van der Waals surface area (Å²) in [6, 6.07) is 5.79. The largest absolute Gasteiger partial charge is 0.495 e. The van der Waals surface area contributed by atoms with E-state index in [4.69, 9.17) is 16.3 Å². The number of rotatable bonds is 3. The summed E-state index contributed by atoms with van der Waals surface area (Å²) in [5.41, 5.74) is 1.25. The molecule has 0 aromatic heterocycles. The summed E-state index contributed by atoms with van der Waals surface area (Å²) < 4.78 is 5.43. The van der Waals surface area contributed by atoms with Crippen molar-refractivity contribution in [3.05, 3.63) is 23.2 Å². The minimum atomic E-state index is 0.158. The molecule has 0 amide bonds. The van der Waals surface area contributed by atoms with E-state index in [0.717, 1.165) is 29.5 Å². The van der Waals surface area contributed by atoms with Crippen LogP contribution in [-0.4, -0.2) is 32.8 Å². The highest BCUT2D eigenvalue weighted by atomic mass is 35.5. The molecule has 1 aromatic rings. The maximum absolute atomic E-state index is 6.10. The number of likely N-dealkylation sites (N-methyl/N-ethyl adjacent to an activating group) is 1. The minimum absolute atomic E-state index is 0.158. The number of hydrogen-bond acceptors (Lipinski definition) is 3. The standard InChI is InChI=1S/C14H21ClN2O/c1-14(16-2)7-4-8-17(10-14)12-9-11(15)5-6-13(12)18-3/h5-6,9,16H,4,7-8,10H2,1-3H3. The molecule has 1 heterocycles. The molecule has 1 saturated heterocycles. The van der Waals surface area contributed by atoms with Crippen LogP contribution in [0.3, 0.4) is 0 Å². The molecular formula is C14H21ClN2O. The molecule has 1 aliphatic heterocycles. The van der Waals surface area contributed by atoms with Crippen LogP contribution in [0.25, 0.3) is 0 Å². The molecular weight excluding hydrogens is 248 g/mol. The van der Waals surface area contributed by atoms with Crippen molar-refractivity contribution in [3.8, 4) is 5.75 Å². The van der Waals surface area contributed by atoms with Crippen molar-refractivity contribution in [1.82, 2.24) is 5.32 Å². The molecule has 1 aromatic carbocycles. The van der Waals surface area contributed by atoms with Gasteiger partial charge in [-0.05, 0) is 45.0 Å². The van der Waals surface area contributed by atoms with E-state index in [1.807, 2.05) is 25.2 Å². The molecule has 2 rings (SSSR count). The molecule has 4 heteroatoms. The van der Waals surface area contributed by atoms with E-state index >= 15 is 0 Å². The summed E-state index contributed by atoms with van der Waals surface area (Å²) in [4.78, 5) is 2.35. The van der Waals surface area contributed by atoms with Gasteiger partial charge in [0.25, 0.3) is 0 Å². The Morgan fingerprint density at radius 1 is 1.44 bits per heavy atom. The van der Waals surface area contributed by atoms with Gasteiger partial charge in [-0.2, -0.15) is 0 Å². The Balaban J connectivity index is 2.28. The van der Waals surface area contributed by atoms with Crippen molar-refractivity contribution >= 4 is 17.3 Å². The molecule has 1 fully saturated rings. The van der Waals surface area contributed by atoms with Crippen LogP contribution in [0.15, 0.2) is 18.2 Å². The highest BCUT2D eigenvalue weighted by Crippen LogP contribution is 2.34. The molecule has 0 saturated carbocycles. The van der Waals surface area contributed by atoms with Crippen molar-refractivity contribution in [1.29, 1.82) is 0 Å². The second-order valence-corrected chi connectivity index (χ2v) is 5.59. The van der Waals surface area contributed by atoms with Crippen LogP contribution >= 0.6 is 11.6 Å². The lowest BCUT2D eigenvalue weighted by Gasteiger charge is -2.42. The fourth-order valence-electron chi connectivity index (χ4n) is 2.56. The summed E-state index contributed by atoms with van der Waals surface area (Å²) in [6.07, 6.45) is 2.37. The average molecular weight is 269 g/mol. The molecule has 18 heavy (non-hydrogen) atoms. The highest BCUT2D eigenvalue weighted by Gasteiger charge is 2.30. The quantitative estimate of drug-likeness (QED) is 0.912. The number of benzene rings is 1. The Morgan fingerprint density at radius 3 is 2.89 bits per heavy atom. The van der Waals surface area contributed by atoms with Gasteiger partial charge in [-0.3, -0.25) is 0 Å². The number of ether oxygens (including phenoxy) is 1. The minimum Gasteiger partial charge on any atom is -0.495 e. The number of nitrogens with zero attached hydrogens (tertiary/aromatic N) is 1. The van der Waals surface area contributed by atoms with E-state index in [1.54, 1.807) is 7.11 Å². The summed E-state index contributed by atoms with van der Waals surface area (Å²) in [5, 5.41) is 4.17. The van der Waals surface area contributed by atoms with Gasteiger partial charge in [-0.25, -0.2) is 0 Å². The predicted octanol–water partition coefficient (Wildman–Crippen LogP) is 2.93. The van der Waals surface area contributed by atoms with E-state index < -0.39 is 0 Å². The second kappa shape index (κ2) is 5.37. The third-order valence-corrected chi connectivity index (χ3v) is 4.02. The lowest BCUT2D eigenvalue weighted by Crippen LogP contribution is -2.53. The molecule has 1 atom stereocenters. The maximum Gasteiger partial charge on any atom is 0.142 e. The Morgan fingerprint density at radius 2 is 2.22 bits per heavy atom. The van der Waals surface area contributed by atoms with Crippen LogP contribution in [0.2, 0.25) is 5.02 Å². The Bertz CT molecular complexity index is 424. The zero-order chi connectivity index (χ0) is 13.2. The lowest BCUT2D eigenvalue weighted by atomic mass is 9.91. The molecule has 0 spiro atoms. The molecule has 0 bridgehead atoms. The Kier molecular flexibility index (Phi) is 4.03. The van der Waals surface area contributed by atoms with E-state index in [2.05, 4.69) is 17.1 Å². The summed E-state index contributed by atoms with van der Waals surface area (Å²) in [6.45, 7) is 4.28. The van der Waals surface area contributed by atoms with Gasteiger partial charge in [0, 0.05) is 23.7 Å². The van der Waals surface area contributed by atoms with E-state index in [9.17, 15) is 0 Å². The van der Waals surface area contributed by atoms with E-state index in [-0.39, 0.29) is 5.54 Å². The number of piperidine rings is 1. The van der Waals surface area contributed by atoms with Crippen LogP contribution in [0.1, 0.15) is 19.8 Å². The molecule has 1 N–H and O–H groups in total. The number of anilines is 1. The summed E-state index contributed by atoms with van der Waals surface area (Å²) in [7, 11) is 3.73. The van der Waals surface area contributed by atoms with Gasteiger partial charge in [-0.1, -0.05) is 11.6 Å². The first kappa shape index (κ1) is 13.5. The van der Waals surface area contributed by atoms with Gasteiger partial charge >= 0.3 is 0 Å². The summed E-state index contributed by atoms with van der Waals surface area (Å²) in [5.74, 6) is 0.889. The van der Waals surface area contributed by atoms with Crippen LogP contribution in [0, 0.1) is 0 Å². The molecule has 0 radical (unpaired) electrons. The van der Waals surface area contributed by atoms with Crippen molar-refractivity contribution in [2.75, 3.05) is 32.1 Å². The molecule has 3 nitrogen and oxygen atoms in total. The maximum atomic E-state index is 6.10. The third kappa shape index (κ3) is 2.73. The van der Waals surface area contributed by atoms with Gasteiger partial charge in [-0.15, -0.1) is 0 Å². The van der Waals surface area contributed by atoms with Gasteiger partial charge in [0.2, 0.25) is 0 Å². The van der Waals surface area contributed by atoms with Gasteiger partial charge in [0.15, 0.2) is 0 Å². The average Bonchev–Trinajstić information content (AvgIpc) is 2.39. The van der Waals surface area contributed by atoms with Gasteiger partial charge in [0.1, 0.15) is 5.75 Å². The van der Waals surface area contributed by atoms with Crippen LogP contribution < -0.4 is 15.0 Å². The van der Waals surface area contributed by atoms with Gasteiger partial charge < -0.3 is 15.0 Å². The predicted molar refractivity (Wildman–Crippen MR) is 76.9 cm³/mol. The first-order valence-corrected chi connectivity index (χ1v) is 6.73. The van der Waals surface area contributed by atoms with Crippen molar-refractivity contribution in [3.63, 3.8) is 0 Å². The zero-order valence-corrected chi connectivity index (χ0v) is 12.0. The normalized spacial score (nSPS) is 24.1. The zero-order valence-electron chi connectivity index (χ0n) is 11.3. The van der Waals surface area contributed by atoms with Gasteiger partial charge in [0.05, 0.1) is 12.8 Å². The van der Waals surface area contributed by atoms with Crippen LogP contribution in [0.5, 0.6) is 5.75 Å². The molecule has 100 valence electrons. The fourth-order valence-corrected chi connectivity index (χ4v) is 2.73. The number of methoxy groups -OCH3 is 1. The van der Waals surface area contributed by atoms with Crippen LogP contribution in [-0.2, 0) is 0 Å². The number of nitrogens with one attached hydrogen (secondary N) is 1. The van der Waals surface area contributed by atoms with Crippen molar-refractivity contribution in [2.45, 2.75) is 25.3 Å². The van der Waals surface area contributed by atoms with Crippen molar-refractivity contribution < 1.29 is 4.74 Å². The smallest absolute Gasteiger partial charge is 0.142 e. The summed E-state index contributed by atoms with van der Waals surface area (Å²) >= 11 is 6.10. The topological polar surface area (TPSA) is 24.5 Å². The fraction of sp³-hybridized carbons (Fsp3) is 0.571. The monoisotopic (exact) mass is 268 g/mol. The Hall–Kier alpha value is -0.930. The molecule has 0 aliphatic carbocycles. The second-order valence-electron chi connectivity index (χ2n) is 5.15. The highest BCUT2D eigenvalue weighted by molar-refractivity contribution is 6.30. The lowest BCUT2D eigenvalue weighted by molar-refractivity contribution is 0.314. The first-order chi connectivity index (χ1) is 8.58. The molecule has 1 aliphatic rings. The van der Waals surface area contributed by atoms with Crippen LogP contribution in [0.4, 0.5) is 5.69 Å². The number of hydrogen-bond donors (Lipinski definition) is 1. The Labute approximate surface area is 114 Å². The number of halogens is 1. The van der Waals surface area contributed by atoms with E-state index in [0.29, 0.717) is 0 Å².